The number of hydrogen-bond donors (Lipinski definition) is 1. The zero-order chi connectivity index (χ0) is 24.9. The van der Waals surface area contributed by atoms with E-state index < -0.39 is 0 Å². The Morgan fingerprint density at radius 2 is 1.75 bits per heavy atom. The molecule has 2 unspecified atom stereocenters. The maximum atomic E-state index is 13.7. The standard InChI is InChI=1S/C29H39N5O.CH4/c1-20-17-23(19-24(18-20)28(30)31-4)27-29(35)34(26-14-7-6-13-25(26)32-27)16-9-5-8-15-33-21(2)11-10-12-22(33)3;/h6-7,13-14,17-19,21-22H,5,8-12,15-16H2,1-4H3,(H2,30,31);1H4. The summed E-state index contributed by atoms with van der Waals surface area (Å²) in [7, 11) is 1.67. The average Bonchev–Trinajstić information content (AvgIpc) is 2.85. The van der Waals surface area contributed by atoms with Crippen LogP contribution >= 0.6 is 0 Å². The molecule has 2 atom stereocenters. The third-order valence-corrected chi connectivity index (χ3v) is 7.41. The number of unbranched alkanes of at least 4 members (excludes halogenated alkanes) is 2. The average molecular weight is 490 g/mol. The minimum atomic E-state index is -0.0504. The second-order valence-corrected chi connectivity index (χ2v) is 10.0. The fourth-order valence-corrected chi connectivity index (χ4v) is 5.46. The molecule has 0 amide bonds. The normalized spacial score (nSPS) is 18.8. The van der Waals surface area contributed by atoms with Crippen molar-refractivity contribution >= 4 is 16.9 Å². The summed E-state index contributed by atoms with van der Waals surface area (Å²) in [5, 5.41) is 0. The fraction of sp³-hybridized carbons (Fsp3) is 0.500. The van der Waals surface area contributed by atoms with Crippen LogP contribution < -0.4 is 11.3 Å². The van der Waals surface area contributed by atoms with Gasteiger partial charge < -0.3 is 10.3 Å². The van der Waals surface area contributed by atoms with Crippen molar-refractivity contribution in [3.8, 4) is 11.3 Å². The van der Waals surface area contributed by atoms with E-state index in [0.717, 1.165) is 53.5 Å². The molecule has 2 aromatic carbocycles. The highest BCUT2D eigenvalue weighted by atomic mass is 16.1. The number of aliphatic imine (C=N–C) groups is 1. The van der Waals surface area contributed by atoms with Crippen LogP contribution in [0.2, 0.25) is 0 Å². The molecule has 0 spiro atoms. The summed E-state index contributed by atoms with van der Waals surface area (Å²) in [4.78, 5) is 25.2. The Hall–Kier alpha value is -2.99. The van der Waals surface area contributed by atoms with Gasteiger partial charge in [0.25, 0.3) is 5.56 Å². The number of nitrogens with two attached hydrogens (primary N) is 1. The first-order chi connectivity index (χ1) is 16.9. The number of para-hydroxylation sites is 2. The maximum absolute atomic E-state index is 13.7. The Kier molecular flexibility index (Phi) is 9.43. The van der Waals surface area contributed by atoms with E-state index in [4.69, 9.17) is 10.7 Å². The Labute approximate surface area is 216 Å². The van der Waals surface area contributed by atoms with E-state index in [-0.39, 0.29) is 13.0 Å². The van der Waals surface area contributed by atoms with E-state index in [1.807, 2.05) is 54.0 Å². The van der Waals surface area contributed by atoms with Crippen molar-refractivity contribution < 1.29 is 0 Å². The van der Waals surface area contributed by atoms with E-state index in [2.05, 4.69) is 23.7 Å². The van der Waals surface area contributed by atoms with Crippen molar-refractivity contribution in [2.24, 2.45) is 10.7 Å². The van der Waals surface area contributed by atoms with Crippen LogP contribution in [0.1, 0.15) is 70.9 Å². The molecule has 3 aromatic rings. The van der Waals surface area contributed by atoms with Crippen molar-refractivity contribution in [2.75, 3.05) is 13.6 Å². The SMILES string of the molecule is C.CN=C(N)c1cc(C)cc(-c2nc3ccccc3n(CCCCCN3C(C)CCCC3C)c2=O)c1. The third-order valence-electron chi connectivity index (χ3n) is 7.41. The quantitative estimate of drug-likeness (QED) is 0.247. The lowest BCUT2D eigenvalue weighted by molar-refractivity contribution is 0.101. The van der Waals surface area contributed by atoms with Gasteiger partial charge in [-0.25, -0.2) is 4.98 Å². The minimum Gasteiger partial charge on any atom is -0.384 e. The number of nitrogens with zero attached hydrogens (tertiary/aromatic N) is 4. The second-order valence-electron chi connectivity index (χ2n) is 10.0. The van der Waals surface area contributed by atoms with Gasteiger partial charge in [-0.15, -0.1) is 0 Å². The van der Waals surface area contributed by atoms with Gasteiger partial charge >= 0.3 is 0 Å². The van der Waals surface area contributed by atoms with Gasteiger partial charge in [-0.2, -0.15) is 0 Å². The van der Waals surface area contributed by atoms with Gasteiger partial charge in [0, 0.05) is 36.8 Å². The predicted molar refractivity (Wildman–Crippen MR) is 153 cm³/mol. The molecule has 0 bridgehead atoms. The molecule has 6 heteroatoms. The molecule has 1 aliphatic rings. The zero-order valence-electron chi connectivity index (χ0n) is 21.6. The summed E-state index contributed by atoms with van der Waals surface area (Å²) in [5.74, 6) is 0.452. The molecular formula is C30H43N5O. The zero-order valence-corrected chi connectivity index (χ0v) is 21.6. The number of rotatable bonds is 8. The molecule has 4 rings (SSSR count). The number of amidine groups is 1. The topological polar surface area (TPSA) is 76.5 Å². The second kappa shape index (κ2) is 12.3. The van der Waals surface area contributed by atoms with Crippen LogP contribution in [-0.2, 0) is 6.54 Å². The first-order valence-corrected chi connectivity index (χ1v) is 13.0. The number of piperidine rings is 1. The molecule has 2 heterocycles. The number of aryl methyl sites for hydroxylation is 2. The van der Waals surface area contributed by atoms with Crippen LogP contribution in [-0.4, -0.2) is 46.0 Å². The summed E-state index contributed by atoms with van der Waals surface area (Å²) in [6, 6.07) is 15.2. The van der Waals surface area contributed by atoms with Gasteiger partial charge in [-0.3, -0.25) is 14.7 Å². The Morgan fingerprint density at radius 3 is 2.47 bits per heavy atom. The molecule has 1 fully saturated rings. The van der Waals surface area contributed by atoms with Crippen molar-refractivity contribution in [3.63, 3.8) is 0 Å². The summed E-state index contributed by atoms with van der Waals surface area (Å²) >= 11 is 0. The van der Waals surface area contributed by atoms with Gasteiger partial charge in [-0.05, 0) is 88.9 Å². The van der Waals surface area contributed by atoms with Crippen LogP contribution in [0, 0.1) is 6.92 Å². The lowest BCUT2D eigenvalue weighted by atomic mass is 9.97. The number of fused-ring (bicyclic) bond motifs is 1. The molecule has 1 aliphatic heterocycles. The Balaban J connectivity index is 0.00000361. The number of hydrogen-bond acceptors (Lipinski definition) is 4. The van der Waals surface area contributed by atoms with Crippen LogP contribution in [0.25, 0.3) is 22.3 Å². The highest BCUT2D eigenvalue weighted by molar-refractivity contribution is 5.98. The number of likely N-dealkylation sites (tertiary alicyclic amines) is 1. The molecule has 0 saturated carbocycles. The predicted octanol–water partition coefficient (Wildman–Crippen LogP) is 5.78. The van der Waals surface area contributed by atoms with Crippen LogP contribution in [0.3, 0.4) is 0 Å². The van der Waals surface area contributed by atoms with Crippen molar-refractivity contribution in [3.05, 3.63) is 63.9 Å². The fourth-order valence-electron chi connectivity index (χ4n) is 5.46. The third kappa shape index (κ3) is 6.04. The van der Waals surface area contributed by atoms with Crippen molar-refractivity contribution in [1.29, 1.82) is 0 Å². The van der Waals surface area contributed by atoms with Crippen molar-refractivity contribution in [1.82, 2.24) is 14.5 Å². The van der Waals surface area contributed by atoms with Crippen LogP contribution in [0.15, 0.2) is 52.3 Å². The molecule has 36 heavy (non-hydrogen) atoms. The van der Waals surface area contributed by atoms with E-state index in [0.29, 0.717) is 30.2 Å². The first-order valence-electron chi connectivity index (χ1n) is 13.0. The number of benzene rings is 2. The Bertz CT molecular complexity index is 1250. The molecule has 0 radical (unpaired) electrons. The lowest BCUT2D eigenvalue weighted by Gasteiger charge is -2.39. The molecule has 6 nitrogen and oxygen atoms in total. The van der Waals surface area contributed by atoms with Gasteiger partial charge in [0.2, 0.25) is 0 Å². The maximum Gasteiger partial charge on any atom is 0.277 e. The molecule has 2 N–H and O–H groups in total. The van der Waals surface area contributed by atoms with Gasteiger partial charge in [0.1, 0.15) is 11.5 Å². The van der Waals surface area contributed by atoms with Crippen molar-refractivity contribution in [2.45, 2.75) is 85.4 Å². The molecule has 194 valence electrons. The Morgan fingerprint density at radius 1 is 1.06 bits per heavy atom. The minimum absolute atomic E-state index is 0. The molecule has 0 aliphatic carbocycles. The van der Waals surface area contributed by atoms with E-state index in [9.17, 15) is 4.79 Å². The first kappa shape index (κ1) is 27.6. The molecule has 1 aromatic heterocycles. The van der Waals surface area contributed by atoms with Gasteiger partial charge in [-0.1, -0.05) is 32.4 Å². The molecular weight excluding hydrogens is 446 g/mol. The largest absolute Gasteiger partial charge is 0.384 e. The monoisotopic (exact) mass is 489 g/mol. The van der Waals surface area contributed by atoms with E-state index in [1.54, 1.807) is 7.05 Å². The van der Waals surface area contributed by atoms with E-state index >= 15 is 0 Å². The summed E-state index contributed by atoms with van der Waals surface area (Å²) in [6.07, 6.45) is 7.20. The van der Waals surface area contributed by atoms with Crippen LogP contribution in [0.4, 0.5) is 0 Å². The highest BCUT2D eigenvalue weighted by Gasteiger charge is 2.23. The lowest BCUT2D eigenvalue weighted by Crippen LogP contribution is -2.44. The summed E-state index contributed by atoms with van der Waals surface area (Å²) in [5.41, 5.74) is 10.8. The van der Waals surface area contributed by atoms with E-state index in [1.165, 1.54) is 19.3 Å². The smallest absolute Gasteiger partial charge is 0.277 e. The van der Waals surface area contributed by atoms with Gasteiger partial charge in [0.05, 0.1) is 11.0 Å². The molecule has 1 saturated heterocycles. The van der Waals surface area contributed by atoms with Crippen LogP contribution in [0.5, 0.6) is 0 Å². The summed E-state index contributed by atoms with van der Waals surface area (Å²) in [6.45, 7) is 8.55. The highest BCUT2D eigenvalue weighted by Crippen LogP contribution is 2.24. The number of aromatic nitrogens is 2. The van der Waals surface area contributed by atoms with Gasteiger partial charge in [0.15, 0.2) is 0 Å². The summed E-state index contributed by atoms with van der Waals surface area (Å²) < 4.78 is 1.91.